The topological polar surface area (TPSA) is 59.8 Å². The Morgan fingerprint density at radius 2 is 2.12 bits per heavy atom. The second-order valence-electron chi connectivity index (χ2n) is 6.59. The lowest BCUT2D eigenvalue weighted by atomic mass is 9.97. The molecule has 0 spiro atoms. The van der Waals surface area contributed by atoms with Gasteiger partial charge in [0.05, 0.1) is 5.75 Å². The quantitative estimate of drug-likeness (QED) is 0.784. The van der Waals surface area contributed by atoms with Gasteiger partial charge in [-0.2, -0.15) is 0 Å². The Bertz CT molecular complexity index is 728. The van der Waals surface area contributed by atoms with Gasteiger partial charge in [-0.3, -0.25) is 4.79 Å². The summed E-state index contributed by atoms with van der Waals surface area (Å²) in [7, 11) is 0. The largest absolute Gasteiger partial charge is 0.325 e. The Kier molecular flexibility index (Phi) is 6.13. The molecule has 0 saturated carbocycles. The minimum Gasteiger partial charge on any atom is -0.325 e. The Labute approximate surface area is 153 Å². The van der Waals surface area contributed by atoms with Crippen LogP contribution in [0.5, 0.6) is 0 Å². The SMILES string of the molecule is CC[C@H](C)c1ccccc1NC(=O)CSc1nnc2n1CCCCC2. The highest BCUT2D eigenvalue weighted by molar-refractivity contribution is 7.99. The van der Waals surface area contributed by atoms with Crippen LogP contribution >= 0.6 is 11.8 Å². The molecular formula is C19H26N4OS. The van der Waals surface area contributed by atoms with E-state index in [2.05, 4.69) is 40.0 Å². The van der Waals surface area contributed by atoms with Gasteiger partial charge < -0.3 is 9.88 Å². The van der Waals surface area contributed by atoms with Crippen LogP contribution in [0.4, 0.5) is 5.69 Å². The zero-order valence-corrected chi connectivity index (χ0v) is 15.8. The number of para-hydroxylation sites is 1. The monoisotopic (exact) mass is 358 g/mol. The number of nitrogens with zero attached hydrogens (tertiary/aromatic N) is 3. The number of nitrogens with one attached hydrogen (secondary N) is 1. The van der Waals surface area contributed by atoms with E-state index in [-0.39, 0.29) is 5.91 Å². The number of anilines is 1. The Morgan fingerprint density at radius 3 is 2.96 bits per heavy atom. The van der Waals surface area contributed by atoms with Crippen LogP contribution in [0.15, 0.2) is 29.4 Å². The van der Waals surface area contributed by atoms with Crippen molar-refractivity contribution >= 4 is 23.4 Å². The summed E-state index contributed by atoms with van der Waals surface area (Å²) in [5.41, 5.74) is 2.11. The zero-order valence-electron chi connectivity index (χ0n) is 15.0. The van der Waals surface area contributed by atoms with E-state index in [0.29, 0.717) is 11.7 Å². The fraction of sp³-hybridized carbons (Fsp3) is 0.526. The molecule has 0 saturated heterocycles. The summed E-state index contributed by atoms with van der Waals surface area (Å²) in [6.45, 7) is 5.31. The average molecular weight is 359 g/mol. The highest BCUT2D eigenvalue weighted by atomic mass is 32.2. The van der Waals surface area contributed by atoms with Crippen molar-refractivity contribution in [3.8, 4) is 0 Å². The Morgan fingerprint density at radius 1 is 1.28 bits per heavy atom. The molecule has 0 bridgehead atoms. The van der Waals surface area contributed by atoms with E-state index in [9.17, 15) is 4.79 Å². The first-order valence-electron chi connectivity index (χ1n) is 9.12. The first-order chi connectivity index (χ1) is 12.2. The van der Waals surface area contributed by atoms with Crippen molar-refractivity contribution in [1.82, 2.24) is 14.8 Å². The summed E-state index contributed by atoms with van der Waals surface area (Å²) in [5, 5.41) is 12.5. The van der Waals surface area contributed by atoms with Crippen LogP contribution in [0.3, 0.4) is 0 Å². The van der Waals surface area contributed by atoms with E-state index >= 15 is 0 Å². The van der Waals surface area contributed by atoms with Gasteiger partial charge in [0.1, 0.15) is 5.82 Å². The third kappa shape index (κ3) is 4.42. The lowest BCUT2D eigenvalue weighted by Gasteiger charge is -2.15. The second kappa shape index (κ2) is 8.52. The van der Waals surface area contributed by atoms with Crippen molar-refractivity contribution in [1.29, 1.82) is 0 Å². The normalized spacial score (nSPS) is 15.3. The van der Waals surface area contributed by atoms with Crippen LogP contribution in [0, 0.1) is 0 Å². The molecule has 6 heteroatoms. The van der Waals surface area contributed by atoms with Crippen LogP contribution in [0.2, 0.25) is 0 Å². The fourth-order valence-electron chi connectivity index (χ4n) is 3.14. The lowest BCUT2D eigenvalue weighted by molar-refractivity contribution is -0.113. The van der Waals surface area contributed by atoms with Crippen molar-refractivity contribution in [2.75, 3.05) is 11.1 Å². The number of aromatic nitrogens is 3. The van der Waals surface area contributed by atoms with Gasteiger partial charge in [0.2, 0.25) is 5.91 Å². The van der Waals surface area contributed by atoms with E-state index < -0.39 is 0 Å². The number of rotatable bonds is 6. The van der Waals surface area contributed by atoms with Gasteiger partial charge in [0.25, 0.3) is 0 Å². The highest BCUT2D eigenvalue weighted by Crippen LogP contribution is 2.27. The molecule has 1 amide bonds. The predicted molar refractivity (Wildman–Crippen MR) is 102 cm³/mol. The number of carbonyl (C=O) groups is 1. The molecule has 0 aliphatic carbocycles. The molecule has 2 aromatic rings. The van der Waals surface area contributed by atoms with Gasteiger partial charge in [0.15, 0.2) is 5.16 Å². The van der Waals surface area contributed by atoms with Crippen LogP contribution in [-0.2, 0) is 17.8 Å². The summed E-state index contributed by atoms with van der Waals surface area (Å²) in [6.07, 6.45) is 5.61. The molecule has 1 aliphatic rings. The van der Waals surface area contributed by atoms with Crippen molar-refractivity contribution in [2.45, 2.75) is 63.6 Å². The number of amides is 1. The van der Waals surface area contributed by atoms with Crippen molar-refractivity contribution in [2.24, 2.45) is 0 Å². The summed E-state index contributed by atoms with van der Waals surface area (Å²) in [6, 6.07) is 8.06. The number of benzene rings is 1. The van der Waals surface area contributed by atoms with Crippen molar-refractivity contribution < 1.29 is 4.79 Å². The molecule has 1 atom stereocenters. The number of hydrogen-bond acceptors (Lipinski definition) is 4. The Hall–Kier alpha value is -1.82. The van der Waals surface area contributed by atoms with Gasteiger partial charge in [-0.1, -0.05) is 50.2 Å². The molecule has 1 aromatic heterocycles. The summed E-state index contributed by atoms with van der Waals surface area (Å²) in [4.78, 5) is 12.4. The van der Waals surface area contributed by atoms with Crippen molar-refractivity contribution in [3.05, 3.63) is 35.7 Å². The number of fused-ring (bicyclic) bond motifs is 1. The molecule has 0 radical (unpaired) electrons. The van der Waals surface area contributed by atoms with Crippen LogP contribution < -0.4 is 5.32 Å². The van der Waals surface area contributed by atoms with Gasteiger partial charge >= 0.3 is 0 Å². The third-order valence-electron chi connectivity index (χ3n) is 4.79. The molecule has 3 rings (SSSR count). The molecule has 0 unspecified atom stereocenters. The predicted octanol–water partition coefficient (Wildman–Crippen LogP) is 4.25. The molecule has 5 nitrogen and oxygen atoms in total. The molecule has 25 heavy (non-hydrogen) atoms. The first-order valence-corrected chi connectivity index (χ1v) is 10.1. The fourth-order valence-corrected chi connectivity index (χ4v) is 3.93. The maximum Gasteiger partial charge on any atom is 0.234 e. The van der Waals surface area contributed by atoms with Crippen LogP contribution in [-0.4, -0.2) is 26.4 Å². The average Bonchev–Trinajstić information content (AvgIpc) is 2.86. The van der Waals surface area contributed by atoms with Crippen LogP contribution in [0.25, 0.3) is 0 Å². The third-order valence-corrected chi connectivity index (χ3v) is 5.75. The molecule has 2 heterocycles. The van der Waals surface area contributed by atoms with E-state index in [1.54, 1.807) is 0 Å². The number of carbonyl (C=O) groups excluding carboxylic acids is 1. The molecule has 1 aliphatic heterocycles. The van der Waals surface area contributed by atoms with E-state index in [0.717, 1.165) is 42.5 Å². The maximum absolute atomic E-state index is 12.4. The number of aryl methyl sites for hydroxylation is 1. The molecule has 134 valence electrons. The second-order valence-corrected chi connectivity index (χ2v) is 7.54. The van der Waals surface area contributed by atoms with Gasteiger partial charge in [0, 0.05) is 18.7 Å². The zero-order chi connectivity index (χ0) is 17.6. The highest BCUT2D eigenvalue weighted by Gasteiger charge is 2.17. The molecule has 0 fully saturated rings. The van der Waals surface area contributed by atoms with Crippen LogP contribution in [0.1, 0.15) is 56.8 Å². The minimum absolute atomic E-state index is 0.00623. The smallest absolute Gasteiger partial charge is 0.234 e. The number of hydrogen-bond donors (Lipinski definition) is 1. The first kappa shape index (κ1) is 18.0. The van der Waals surface area contributed by atoms with E-state index in [1.165, 1.54) is 30.2 Å². The summed E-state index contributed by atoms with van der Waals surface area (Å²) < 4.78 is 2.18. The molecular weight excluding hydrogens is 332 g/mol. The lowest BCUT2D eigenvalue weighted by Crippen LogP contribution is -2.16. The summed E-state index contributed by atoms with van der Waals surface area (Å²) in [5.74, 6) is 1.85. The number of thioether (sulfide) groups is 1. The van der Waals surface area contributed by atoms with E-state index in [1.807, 2.05) is 18.2 Å². The van der Waals surface area contributed by atoms with Crippen molar-refractivity contribution in [3.63, 3.8) is 0 Å². The van der Waals surface area contributed by atoms with Gasteiger partial charge in [-0.25, -0.2) is 0 Å². The molecule has 1 aromatic carbocycles. The maximum atomic E-state index is 12.4. The summed E-state index contributed by atoms with van der Waals surface area (Å²) >= 11 is 1.48. The van der Waals surface area contributed by atoms with Gasteiger partial charge in [-0.15, -0.1) is 10.2 Å². The van der Waals surface area contributed by atoms with E-state index in [4.69, 9.17) is 0 Å². The van der Waals surface area contributed by atoms with Gasteiger partial charge in [-0.05, 0) is 36.8 Å². The molecule has 1 N–H and O–H groups in total. The minimum atomic E-state index is 0.00623. The standard InChI is InChI=1S/C19H26N4OS/c1-3-14(2)15-9-6-7-10-16(15)20-18(24)13-25-19-22-21-17-11-5-4-8-12-23(17)19/h6-7,9-10,14H,3-5,8,11-13H2,1-2H3,(H,20,24)/t14-/m0/s1. The Balaban J connectivity index is 1.62.